The molecule has 0 spiro atoms. The van der Waals surface area contributed by atoms with Crippen LogP contribution < -0.4 is 10.9 Å². The van der Waals surface area contributed by atoms with Crippen LogP contribution in [0.5, 0.6) is 0 Å². The molecule has 0 bridgehead atoms. The molecule has 0 aliphatic rings. The Kier molecular flexibility index (Phi) is 3.41. The molecule has 0 saturated carbocycles. The summed E-state index contributed by atoms with van der Waals surface area (Å²) < 4.78 is 1.27. The Morgan fingerprint density at radius 2 is 2.16 bits per heavy atom. The molecule has 0 aliphatic carbocycles. The van der Waals surface area contributed by atoms with E-state index in [4.69, 9.17) is 5.11 Å². The number of aryl methyl sites for hydroxylation is 1. The Hall–Kier alpha value is -2.51. The maximum absolute atomic E-state index is 12.0. The molecule has 0 radical (unpaired) electrons. The minimum Gasteiger partial charge on any atom is -0.476 e. The Morgan fingerprint density at radius 3 is 2.74 bits per heavy atom. The van der Waals surface area contributed by atoms with Crippen molar-refractivity contribution in [1.29, 1.82) is 0 Å². The molecule has 100 valence electrons. The summed E-state index contributed by atoms with van der Waals surface area (Å²) in [5, 5.41) is 12.0. The molecule has 2 aromatic rings. The summed E-state index contributed by atoms with van der Waals surface area (Å²) in [5.41, 5.74) is -0.585. The summed E-state index contributed by atoms with van der Waals surface area (Å²) in [6, 6.07) is 0. The summed E-state index contributed by atoms with van der Waals surface area (Å²) in [7, 11) is 0. The fraction of sp³-hybridized carbons (Fsp3) is 0.364. The number of hydrogen-bond acceptors (Lipinski definition) is 6. The molecule has 0 aliphatic heterocycles. The first-order valence-electron chi connectivity index (χ1n) is 5.82. The Morgan fingerprint density at radius 1 is 1.42 bits per heavy atom. The fourth-order valence-electron chi connectivity index (χ4n) is 1.78. The maximum Gasteiger partial charge on any atom is 0.360 e. The van der Waals surface area contributed by atoms with Gasteiger partial charge in [0.25, 0.3) is 5.56 Å². The highest BCUT2D eigenvalue weighted by Crippen LogP contribution is 2.15. The van der Waals surface area contributed by atoms with Gasteiger partial charge >= 0.3 is 5.97 Å². The van der Waals surface area contributed by atoms with Gasteiger partial charge in [-0.25, -0.2) is 19.7 Å². The van der Waals surface area contributed by atoms with Crippen LogP contribution in [0, 0.1) is 0 Å². The van der Waals surface area contributed by atoms with Gasteiger partial charge in [0.2, 0.25) is 5.69 Å². The van der Waals surface area contributed by atoms with Crippen molar-refractivity contribution in [3.63, 3.8) is 0 Å². The number of fused-ring (bicyclic) bond motifs is 1. The zero-order chi connectivity index (χ0) is 14.0. The van der Waals surface area contributed by atoms with Crippen LogP contribution in [0.25, 0.3) is 11.2 Å². The highest BCUT2D eigenvalue weighted by Gasteiger charge is 2.18. The highest BCUT2D eigenvalue weighted by atomic mass is 16.4. The van der Waals surface area contributed by atoms with E-state index < -0.39 is 17.2 Å². The molecule has 0 aromatic carbocycles. The van der Waals surface area contributed by atoms with Crippen LogP contribution in [-0.2, 0) is 6.54 Å². The third-order valence-corrected chi connectivity index (χ3v) is 2.59. The van der Waals surface area contributed by atoms with Gasteiger partial charge in [-0.2, -0.15) is 0 Å². The van der Waals surface area contributed by atoms with Crippen LogP contribution in [0.15, 0.2) is 11.1 Å². The summed E-state index contributed by atoms with van der Waals surface area (Å²) in [6.07, 6.45) is 1.31. The van der Waals surface area contributed by atoms with Crippen LogP contribution in [0.4, 0.5) is 5.82 Å². The molecule has 19 heavy (non-hydrogen) atoms. The molecule has 0 atom stereocenters. The zero-order valence-corrected chi connectivity index (χ0v) is 10.5. The second-order valence-corrected chi connectivity index (χ2v) is 3.74. The van der Waals surface area contributed by atoms with Gasteiger partial charge in [-0.05, 0) is 13.8 Å². The maximum atomic E-state index is 12.0. The van der Waals surface area contributed by atoms with Crippen molar-refractivity contribution in [1.82, 2.24) is 19.5 Å². The molecule has 0 fully saturated rings. The van der Waals surface area contributed by atoms with Gasteiger partial charge in [-0.15, -0.1) is 0 Å². The van der Waals surface area contributed by atoms with Gasteiger partial charge in [-0.1, -0.05) is 0 Å². The van der Waals surface area contributed by atoms with Crippen molar-refractivity contribution in [3.8, 4) is 0 Å². The summed E-state index contributed by atoms with van der Waals surface area (Å²) >= 11 is 0. The van der Waals surface area contributed by atoms with Crippen LogP contribution in [0.2, 0.25) is 0 Å². The predicted molar refractivity (Wildman–Crippen MR) is 68.4 cm³/mol. The lowest BCUT2D eigenvalue weighted by atomic mass is 10.3. The predicted octanol–water partition coefficient (Wildman–Crippen LogP) is 0.336. The highest BCUT2D eigenvalue weighted by molar-refractivity contribution is 5.90. The number of hydrogen-bond donors (Lipinski definition) is 2. The number of carboxylic acids is 1. The van der Waals surface area contributed by atoms with Gasteiger partial charge in [0.05, 0.1) is 0 Å². The third kappa shape index (κ3) is 2.12. The number of rotatable bonds is 4. The van der Waals surface area contributed by atoms with E-state index in [0.29, 0.717) is 24.6 Å². The quantitative estimate of drug-likeness (QED) is 0.818. The number of nitrogens with zero attached hydrogens (tertiary/aromatic N) is 4. The number of anilines is 1. The van der Waals surface area contributed by atoms with E-state index in [9.17, 15) is 9.59 Å². The van der Waals surface area contributed by atoms with Gasteiger partial charge in [0.1, 0.15) is 11.8 Å². The zero-order valence-electron chi connectivity index (χ0n) is 10.5. The molecule has 2 N–H and O–H groups in total. The molecule has 2 heterocycles. The lowest BCUT2D eigenvalue weighted by Gasteiger charge is -2.10. The van der Waals surface area contributed by atoms with E-state index in [1.165, 1.54) is 10.9 Å². The van der Waals surface area contributed by atoms with E-state index in [2.05, 4.69) is 20.3 Å². The van der Waals surface area contributed by atoms with Gasteiger partial charge in [-0.3, -0.25) is 9.36 Å². The van der Waals surface area contributed by atoms with Crippen LogP contribution in [-0.4, -0.2) is 37.1 Å². The fourth-order valence-corrected chi connectivity index (χ4v) is 1.78. The van der Waals surface area contributed by atoms with E-state index in [1.807, 2.05) is 6.92 Å². The minimum absolute atomic E-state index is 0.281. The van der Waals surface area contributed by atoms with Gasteiger partial charge in [0, 0.05) is 13.1 Å². The molecule has 0 unspecified atom stereocenters. The first-order valence-corrected chi connectivity index (χ1v) is 5.82. The number of carbonyl (C=O) groups is 1. The Labute approximate surface area is 108 Å². The molecule has 0 amide bonds. The molecule has 0 saturated heterocycles. The average Bonchev–Trinajstić information content (AvgIpc) is 2.38. The molecule has 2 rings (SSSR count). The molecular formula is C11H13N5O3. The second-order valence-electron chi connectivity index (χ2n) is 3.74. The topological polar surface area (TPSA) is 110 Å². The third-order valence-electron chi connectivity index (χ3n) is 2.59. The number of carboxylic acid groups (broad SMARTS) is 1. The monoisotopic (exact) mass is 263 g/mol. The number of aromatic carboxylic acids is 1. The normalized spacial score (nSPS) is 10.6. The van der Waals surface area contributed by atoms with Crippen molar-refractivity contribution >= 4 is 23.0 Å². The largest absolute Gasteiger partial charge is 0.476 e. The van der Waals surface area contributed by atoms with E-state index >= 15 is 0 Å². The smallest absolute Gasteiger partial charge is 0.360 e. The SMILES string of the molecule is CCNc1ncnc2c1nc(C(=O)O)c(=O)n2CC. The van der Waals surface area contributed by atoms with Crippen molar-refractivity contribution < 1.29 is 9.90 Å². The lowest BCUT2D eigenvalue weighted by Crippen LogP contribution is -2.29. The molecule has 2 aromatic heterocycles. The van der Waals surface area contributed by atoms with Crippen molar-refractivity contribution in [2.45, 2.75) is 20.4 Å². The molecule has 8 nitrogen and oxygen atoms in total. The van der Waals surface area contributed by atoms with Crippen LogP contribution in [0.3, 0.4) is 0 Å². The Bertz CT molecular complexity index is 695. The van der Waals surface area contributed by atoms with Crippen molar-refractivity contribution in [3.05, 3.63) is 22.4 Å². The summed E-state index contributed by atoms with van der Waals surface area (Å²) in [6.45, 7) is 4.52. The standard InChI is InChI=1S/C11H13N5O3/c1-3-12-8-6-9(14-5-13-8)16(4-2)10(17)7(15-6)11(18)19/h5H,3-4H2,1-2H3,(H,18,19)(H,12,13,14). The number of nitrogens with one attached hydrogen (secondary N) is 1. The molecule has 8 heteroatoms. The van der Waals surface area contributed by atoms with E-state index in [0.717, 1.165) is 0 Å². The van der Waals surface area contributed by atoms with Crippen LogP contribution in [0.1, 0.15) is 24.3 Å². The van der Waals surface area contributed by atoms with Gasteiger partial charge in [0.15, 0.2) is 11.5 Å². The summed E-state index contributed by atoms with van der Waals surface area (Å²) in [5.74, 6) is -0.947. The molecular weight excluding hydrogens is 250 g/mol. The van der Waals surface area contributed by atoms with E-state index in [1.54, 1.807) is 6.92 Å². The Balaban J connectivity index is 2.89. The van der Waals surface area contributed by atoms with Gasteiger partial charge < -0.3 is 10.4 Å². The first-order chi connectivity index (χ1) is 9.10. The summed E-state index contributed by atoms with van der Waals surface area (Å²) in [4.78, 5) is 34.9. The number of aromatic nitrogens is 4. The van der Waals surface area contributed by atoms with E-state index in [-0.39, 0.29) is 5.52 Å². The second kappa shape index (κ2) is 5.01. The minimum atomic E-state index is -1.36. The van der Waals surface area contributed by atoms with Crippen molar-refractivity contribution in [2.24, 2.45) is 0 Å². The first kappa shape index (κ1) is 12.9. The van der Waals surface area contributed by atoms with Crippen molar-refractivity contribution in [2.75, 3.05) is 11.9 Å². The van der Waals surface area contributed by atoms with Crippen LogP contribution >= 0.6 is 0 Å². The average molecular weight is 263 g/mol. The lowest BCUT2D eigenvalue weighted by molar-refractivity contribution is 0.0688.